The summed E-state index contributed by atoms with van der Waals surface area (Å²) in [5, 5.41) is 9.33. The predicted molar refractivity (Wildman–Crippen MR) is 72.1 cm³/mol. The van der Waals surface area contributed by atoms with Crippen LogP contribution in [-0.2, 0) is 4.74 Å². The van der Waals surface area contributed by atoms with Gasteiger partial charge in [-0.15, -0.1) is 0 Å². The number of aromatic nitrogens is 1. The molecule has 0 radical (unpaired) electrons. The predicted octanol–water partition coefficient (Wildman–Crippen LogP) is 0.802. The Balaban J connectivity index is 2.27. The van der Waals surface area contributed by atoms with Gasteiger partial charge in [0, 0.05) is 6.54 Å². The van der Waals surface area contributed by atoms with Crippen LogP contribution in [0.2, 0.25) is 0 Å². The first kappa shape index (κ1) is 13.6. The van der Waals surface area contributed by atoms with E-state index in [-0.39, 0.29) is 12.6 Å². The number of pyridine rings is 1. The van der Waals surface area contributed by atoms with Crippen LogP contribution < -0.4 is 10.6 Å². The van der Waals surface area contributed by atoms with E-state index in [1.807, 2.05) is 4.90 Å². The number of rotatable bonds is 4. The molecule has 104 valence electrons. The average Bonchev–Trinajstić information content (AvgIpc) is 2.88. The topological polar surface area (TPSA) is 88.7 Å². The second kappa shape index (κ2) is 5.88. The van der Waals surface area contributed by atoms with Crippen LogP contribution in [0, 0.1) is 0 Å². The Bertz CT molecular complexity index is 464. The van der Waals surface area contributed by atoms with Crippen LogP contribution in [0.15, 0.2) is 12.3 Å². The molecule has 1 aliphatic heterocycles. The maximum absolute atomic E-state index is 11.8. The fourth-order valence-corrected chi connectivity index (χ4v) is 2.32. The molecular weight excluding hydrogens is 246 g/mol. The van der Waals surface area contributed by atoms with Crippen molar-refractivity contribution >= 4 is 17.5 Å². The average molecular weight is 265 g/mol. The van der Waals surface area contributed by atoms with Crippen molar-refractivity contribution in [2.75, 3.05) is 30.4 Å². The minimum absolute atomic E-state index is 0.0613. The molecule has 1 atom stereocenters. The molecule has 0 amide bonds. The highest BCUT2D eigenvalue weighted by Crippen LogP contribution is 2.26. The van der Waals surface area contributed by atoms with E-state index in [2.05, 4.69) is 4.98 Å². The number of aliphatic hydroxyl groups excluding tert-OH is 1. The van der Waals surface area contributed by atoms with Gasteiger partial charge in [-0.2, -0.15) is 0 Å². The van der Waals surface area contributed by atoms with Gasteiger partial charge in [0.05, 0.1) is 36.7 Å². The lowest BCUT2D eigenvalue weighted by atomic mass is 10.2. The SMILES string of the molecule is CCOC(=O)c1cc(N2CCCC2CO)ncc1N. The summed E-state index contributed by atoms with van der Waals surface area (Å²) >= 11 is 0. The van der Waals surface area contributed by atoms with Crippen LogP contribution in [-0.4, -0.2) is 41.9 Å². The van der Waals surface area contributed by atoms with Crippen molar-refractivity contribution in [1.82, 2.24) is 4.98 Å². The molecule has 1 fully saturated rings. The molecule has 19 heavy (non-hydrogen) atoms. The number of anilines is 2. The van der Waals surface area contributed by atoms with Gasteiger partial charge in [0.25, 0.3) is 0 Å². The molecule has 1 saturated heterocycles. The molecule has 6 heteroatoms. The Kier molecular flexibility index (Phi) is 4.21. The summed E-state index contributed by atoms with van der Waals surface area (Å²) in [6.45, 7) is 2.96. The van der Waals surface area contributed by atoms with Gasteiger partial charge in [0.15, 0.2) is 0 Å². The van der Waals surface area contributed by atoms with Gasteiger partial charge in [0.2, 0.25) is 0 Å². The second-order valence-corrected chi connectivity index (χ2v) is 4.52. The highest BCUT2D eigenvalue weighted by atomic mass is 16.5. The van der Waals surface area contributed by atoms with Crippen molar-refractivity contribution in [2.24, 2.45) is 0 Å². The van der Waals surface area contributed by atoms with E-state index < -0.39 is 5.97 Å². The van der Waals surface area contributed by atoms with Crippen molar-refractivity contribution in [3.05, 3.63) is 17.8 Å². The summed E-state index contributed by atoms with van der Waals surface area (Å²) < 4.78 is 4.96. The molecule has 1 aliphatic rings. The first-order chi connectivity index (χ1) is 9.17. The number of nitrogens with two attached hydrogens (primary N) is 1. The zero-order chi connectivity index (χ0) is 13.8. The van der Waals surface area contributed by atoms with Crippen LogP contribution in [0.4, 0.5) is 11.5 Å². The number of hydrogen-bond acceptors (Lipinski definition) is 6. The van der Waals surface area contributed by atoms with Crippen LogP contribution in [0.5, 0.6) is 0 Å². The van der Waals surface area contributed by atoms with E-state index in [0.29, 0.717) is 23.7 Å². The van der Waals surface area contributed by atoms with Gasteiger partial charge in [0.1, 0.15) is 5.82 Å². The Morgan fingerprint density at radius 1 is 1.68 bits per heavy atom. The van der Waals surface area contributed by atoms with Crippen molar-refractivity contribution in [3.63, 3.8) is 0 Å². The van der Waals surface area contributed by atoms with Gasteiger partial charge in [-0.05, 0) is 25.8 Å². The third-order valence-electron chi connectivity index (χ3n) is 3.30. The van der Waals surface area contributed by atoms with Crippen LogP contribution in [0.25, 0.3) is 0 Å². The third kappa shape index (κ3) is 2.78. The van der Waals surface area contributed by atoms with Gasteiger partial charge in [-0.25, -0.2) is 9.78 Å². The number of carbonyl (C=O) groups is 1. The van der Waals surface area contributed by atoms with Crippen molar-refractivity contribution < 1.29 is 14.6 Å². The number of esters is 1. The lowest BCUT2D eigenvalue weighted by Crippen LogP contribution is -2.33. The molecular formula is C13H19N3O3. The Hall–Kier alpha value is -1.82. The molecule has 0 spiro atoms. The Labute approximate surface area is 112 Å². The monoisotopic (exact) mass is 265 g/mol. The molecule has 1 aromatic rings. The number of aliphatic hydroxyl groups is 1. The standard InChI is InChI=1S/C13H19N3O3/c1-2-19-13(18)10-6-12(15-7-11(10)14)16-5-3-4-9(16)8-17/h6-7,9,17H,2-5,8,14H2,1H3. The quantitative estimate of drug-likeness (QED) is 0.783. The maximum Gasteiger partial charge on any atom is 0.340 e. The van der Waals surface area contributed by atoms with E-state index in [9.17, 15) is 9.90 Å². The summed E-state index contributed by atoms with van der Waals surface area (Å²) in [6, 6.07) is 1.70. The Morgan fingerprint density at radius 3 is 3.16 bits per heavy atom. The first-order valence-corrected chi connectivity index (χ1v) is 6.47. The Morgan fingerprint density at radius 2 is 2.47 bits per heavy atom. The highest BCUT2D eigenvalue weighted by molar-refractivity contribution is 5.95. The molecule has 6 nitrogen and oxygen atoms in total. The molecule has 0 saturated carbocycles. The maximum atomic E-state index is 11.8. The van der Waals surface area contributed by atoms with Gasteiger partial charge < -0.3 is 20.5 Å². The molecule has 3 N–H and O–H groups in total. The first-order valence-electron chi connectivity index (χ1n) is 6.47. The molecule has 2 rings (SSSR count). The lowest BCUT2D eigenvalue weighted by molar-refractivity contribution is 0.0527. The molecule has 0 bridgehead atoms. The van der Waals surface area contributed by atoms with Crippen LogP contribution in [0.1, 0.15) is 30.1 Å². The third-order valence-corrected chi connectivity index (χ3v) is 3.30. The number of nitrogens with zero attached hydrogens (tertiary/aromatic N) is 2. The summed E-state index contributed by atoms with van der Waals surface area (Å²) in [5.74, 6) is 0.220. The van der Waals surface area contributed by atoms with Crippen LogP contribution in [0.3, 0.4) is 0 Å². The van der Waals surface area contributed by atoms with Gasteiger partial charge in [-0.3, -0.25) is 0 Å². The number of nitrogen functional groups attached to an aromatic ring is 1. The van der Waals surface area contributed by atoms with Crippen molar-refractivity contribution in [1.29, 1.82) is 0 Å². The fraction of sp³-hybridized carbons (Fsp3) is 0.538. The largest absolute Gasteiger partial charge is 0.462 e. The lowest BCUT2D eigenvalue weighted by Gasteiger charge is -2.24. The molecule has 0 aliphatic carbocycles. The smallest absolute Gasteiger partial charge is 0.340 e. The number of ether oxygens (including phenoxy) is 1. The summed E-state index contributed by atoms with van der Waals surface area (Å²) in [4.78, 5) is 18.0. The fourth-order valence-electron chi connectivity index (χ4n) is 2.32. The molecule has 0 aromatic carbocycles. The highest BCUT2D eigenvalue weighted by Gasteiger charge is 2.26. The summed E-state index contributed by atoms with van der Waals surface area (Å²) in [7, 11) is 0. The molecule has 1 aromatic heterocycles. The van der Waals surface area contributed by atoms with E-state index in [1.54, 1.807) is 13.0 Å². The van der Waals surface area contributed by atoms with Crippen molar-refractivity contribution in [2.45, 2.75) is 25.8 Å². The second-order valence-electron chi connectivity index (χ2n) is 4.52. The van der Waals surface area contributed by atoms with Crippen LogP contribution >= 0.6 is 0 Å². The molecule has 1 unspecified atom stereocenters. The van der Waals surface area contributed by atoms with Gasteiger partial charge in [-0.1, -0.05) is 0 Å². The van der Waals surface area contributed by atoms with E-state index in [1.165, 1.54) is 6.20 Å². The van der Waals surface area contributed by atoms with Crippen molar-refractivity contribution in [3.8, 4) is 0 Å². The van der Waals surface area contributed by atoms with E-state index in [0.717, 1.165) is 19.4 Å². The van der Waals surface area contributed by atoms with E-state index >= 15 is 0 Å². The zero-order valence-corrected chi connectivity index (χ0v) is 11.0. The zero-order valence-electron chi connectivity index (χ0n) is 11.0. The van der Waals surface area contributed by atoms with E-state index in [4.69, 9.17) is 10.5 Å². The summed E-state index contributed by atoms with van der Waals surface area (Å²) in [6.07, 6.45) is 3.40. The minimum Gasteiger partial charge on any atom is -0.462 e. The van der Waals surface area contributed by atoms with Gasteiger partial charge >= 0.3 is 5.97 Å². The number of carbonyl (C=O) groups excluding carboxylic acids is 1. The number of hydrogen-bond donors (Lipinski definition) is 2. The minimum atomic E-state index is -0.441. The molecule has 2 heterocycles. The normalized spacial score (nSPS) is 18.6. The summed E-state index contributed by atoms with van der Waals surface area (Å²) in [5.41, 5.74) is 6.39.